The molecule has 2 rings (SSSR count). The number of hydrogen-bond acceptors (Lipinski definition) is 3. The number of carboxylic acid groups (broad SMARTS) is 1. The average Bonchev–Trinajstić information content (AvgIpc) is 2.89. The largest absolute Gasteiger partial charge is 0.480 e. The van der Waals surface area contributed by atoms with Gasteiger partial charge in [-0.3, -0.25) is 9.59 Å². The molecular weight excluding hydrogens is 244 g/mol. The fourth-order valence-electron chi connectivity index (χ4n) is 3.27. The number of aliphatic carboxylic acids is 1. The van der Waals surface area contributed by atoms with Crippen LogP contribution in [0.1, 0.15) is 45.4 Å². The van der Waals surface area contributed by atoms with Crippen LogP contribution in [-0.4, -0.2) is 47.6 Å². The van der Waals surface area contributed by atoms with Gasteiger partial charge in [-0.25, -0.2) is 0 Å². The van der Waals surface area contributed by atoms with Crippen molar-refractivity contribution in [2.24, 2.45) is 5.41 Å². The molecule has 0 spiro atoms. The van der Waals surface area contributed by atoms with Gasteiger partial charge < -0.3 is 15.3 Å². The molecule has 19 heavy (non-hydrogen) atoms. The minimum Gasteiger partial charge on any atom is -0.480 e. The van der Waals surface area contributed by atoms with Crippen LogP contribution >= 0.6 is 0 Å². The third-order valence-electron chi connectivity index (χ3n) is 4.56. The van der Waals surface area contributed by atoms with Crippen molar-refractivity contribution in [3.63, 3.8) is 0 Å². The van der Waals surface area contributed by atoms with E-state index in [1.807, 2.05) is 6.92 Å². The van der Waals surface area contributed by atoms with Crippen LogP contribution in [0.5, 0.6) is 0 Å². The van der Waals surface area contributed by atoms with Crippen LogP contribution < -0.4 is 5.32 Å². The van der Waals surface area contributed by atoms with Crippen molar-refractivity contribution in [3.05, 3.63) is 0 Å². The fourth-order valence-corrected chi connectivity index (χ4v) is 3.27. The molecule has 108 valence electrons. The van der Waals surface area contributed by atoms with E-state index in [2.05, 4.69) is 5.32 Å². The molecule has 0 aromatic rings. The molecule has 1 saturated carbocycles. The van der Waals surface area contributed by atoms with E-state index in [1.165, 1.54) is 0 Å². The number of carbonyl (C=O) groups excluding carboxylic acids is 1. The lowest BCUT2D eigenvalue weighted by atomic mass is 9.79. The summed E-state index contributed by atoms with van der Waals surface area (Å²) in [7, 11) is 0. The lowest BCUT2D eigenvalue weighted by molar-refractivity contribution is -0.152. The normalized spacial score (nSPS) is 23.2. The summed E-state index contributed by atoms with van der Waals surface area (Å²) in [6, 6.07) is 0.135. The summed E-state index contributed by atoms with van der Waals surface area (Å²) >= 11 is 0. The van der Waals surface area contributed by atoms with Crippen molar-refractivity contribution in [2.75, 3.05) is 19.6 Å². The topological polar surface area (TPSA) is 69.6 Å². The van der Waals surface area contributed by atoms with Gasteiger partial charge in [-0.15, -0.1) is 0 Å². The smallest absolute Gasteiger partial charge is 0.323 e. The number of carboxylic acids is 1. The second-order valence-corrected chi connectivity index (χ2v) is 6.08. The molecule has 5 heteroatoms. The Morgan fingerprint density at radius 2 is 1.84 bits per heavy atom. The molecule has 2 N–H and O–H groups in total. The Labute approximate surface area is 114 Å². The molecule has 2 fully saturated rings. The first-order valence-electron chi connectivity index (χ1n) is 7.26. The number of piperidine rings is 1. The number of amides is 1. The molecule has 0 radical (unpaired) electrons. The first-order valence-corrected chi connectivity index (χ1v) is 7.26. The van der Waals surface area contributed by atoms with Gasteiger partial charge in [0.15, 0.2) is 0 Å². The number of hydrogen-bond donors (Lipinski definition) is 2. The van der Waals surface area contributed by atoms with Gasteiger partial charge in [0, 0.05) is 11.5 Å². The highest BCUT2D eigenvalue weighted by Gasteiger charge is 2.40. The summed E-state index contributed by atoms with van der Waals surface area (Å²) in [5.41, 5.74) is -0.386. The number of rotatable bonds is 4. The maximum Gasteiger partial charge on any atom is 0.323 e. The van der Waals surface area contributed by atoms with Gasteiger partial charge in [0.25, 0.3) is 0 Å². The molecule has 0 atom stereocenters. The van der Waals surface area contributed by atoms with Crippen molar-refractivity contribution < 1.29 is 14.7 Å². The lowest BCUT2D eigenvalue weighted by Gasteiger charge is -2.39. The molecule has 2 aliphatic rings. The van der Waals surface area contributed by atoms with Gasteiger partial charge in [0.2, 0.25) is 5.91 Å². The van der Waals surface area contributed by atoms with Gasteiger partial charge in [0.05, 0.1) is 0 Å². The number of nitrogens with one attached hydrogen (secondary N) is 1. The van der Waals surface area contributed by atoms with E-state index in [0.29, 0.717) is 0 Å². The van der Waals surface area contributed by atoms with Crippen LogP contribution in [0.2, 0.25) is 0 Å². The predicted molar refractivity (Wildman–Crippen MR) is 71.8 cm³/mol. The zero-order valence-electron chi connectivity index (χ0n) is 11.7. The third-order valence-corrected chi connectivity index (χ3v) is 4.56. The zero-order valence-corrected chi connectivity index (χ0v) is 11.7. The molecule has 1 aliphatic heterocycles. The van der Waals surface area contributed by atoms with Crippen LogP contribution in [-0.2, 0) is 9.59 Å². The minimum absolute atomic E-state index is 0.0447. The summed E-state index contributed by atoms with van der Waals surface area (Å²) in [4.78, 5) is 25.5. The van der Waals surface area contributed by atoms with Crippen LogP contribution in [0.3, 0.4) is 0 Å². The SMILES string of the molecule is CC1(C(=O)N(CC(=O)O)C2CCCC2)CCNCC1. The molecular formula is C14H24N2O3. The molecule has 1 saturated heterocycles. The highest BCUT2D eigenvalue weighted by Crippen LogP contribution is 2.33. The number of nitrogens with zero attached hydrogens (tertiary/aromatic N) is 1. The molecule has 0 aromatic heterocycles. The summed E-state index contributed by atoms with van der Waals surface area (Å²) in [6.07, 6.45) is 5.71. The van der Waals surface area contributed by atoms with E-state index in [4.69, 9.17) is 5.11 Å². The first kappa shape index (κ1) is 14.3. The second-order valence-electron chi connectivity index (χ2n) is 6.08. The third kappa shape index (κ3) is 3.26. The second kappa shape index (κ2) is 5.90. The fraction of sp³-hybridized carbons (Fsp3) is 0.857. The maximum atomic E-state index is 12.8. The van der Waals surface area contributed by atoms with Crippen molar-refractivity contribution in [1.29, 1.82) is 0 Å². The molecule has 5 nitrogen and oxygen atoms in total. The van der Waals surface area contributed by atoms with E-state index < -0.39 is 5.97 Å². The monoisotopic (exact) mass is 268 g/mol. The van der Waals surface area contributed by atoms with Crippen LogP contribution in [0.15, 0.2) is 0 Å². The van der Waals surface area contributed by atoms with Gasteiger partial charge in [0.1, 0.15) is 6.54 Å². The van der Waals surface area contributed by atoms with Crippen LogP contribution in [0.25, 0.3) is 0 Å². The Bertz CT molecular complexity index is 345. The summed E-state index contributed by atoms with van der Waals surface area (Å²) in [6.45, 7) is 3.52. The van der Waals surface area contributed by atoms with Gasteiger partial charge in [-0.2, -0.15) is 0 Å². The quantitative estimate of drug-likeness (QED) is 0.804. The average molecular weight is 268 g/mol. The highest BCUT2D eigenvalue weighted by molar-refractivity contribution is 5.86. The van der Waals surface area contributed by atoms with E-state index >= 15 is 0 Å². The van der Waals surface area contributed by atoms with Crippen LogP contribution in [0.4, 0.5) is 0 Å². The standard InChI is InChI=1S/C14H24N2O3/c1-14(6-8-15-9-7-14)13(19)16(10-12(17)18)11-4-2-3-5-11/h11,15H,2-10H2,1H3,(H,17,18). The number of carbonyl (C=O) groups is 2. The van der Waals surface area contributed by atoms with Crippen LogP contribution in [0, 0.1) is 5.41 Å². The Hall–Kier alpha value is -1.10. The Morgan fingerprint density at radius 3 is 2.37 bits per heavy atom. The van der Waals surface area contributed by atoms with Gasteiger partial charge in [-0.1, -0.05) is 19.8 Å². The van der Waals surface area contributed by atoms with Crippen molar-refractivity contribution in [2.45, 2.75) is 51.5 Å². The molecule has 0 bridgehead atoms. The van der Waals surface area contributed by atoms with Gasteiger partial charge in [-0.05, 0) is 38.8 Å². The zero-order chi connectivity index (χ0) is 13.9. The Kier molecular flexibility index (Phi) is 4.45. The van der Waals surface area contributed by atoms with Crippen molar-refractivity contribution in [3.8, 4) is 0 Å². The summed E-state index contributed by atoms with van der Waals surface area (Å²) in [5.74, 6) is -0.860. The molecule has 1 aliphatic carbocycles. The Balaban J connectivity index is 2.11. The molecule has 0 aromatic carbocycles. The molecule has 1 heterocycles. The minimum atomic E-state index is -0.905. The van der Waals surface area contributed by atoms with Gasteiger partial charge >= 0.3 is 5.97 Å². The van der Waals surface area contributed by atoms with E-state index in [-0.39, 0.29) is 23.9 Å². The Morgan fingerprint density at radius 1 is 1.26 bits per heavy atom. The van der Waals surface area contributed by atoms with E-state index in [9.17, 15) is 9.59 Å². The highest BCUT2D eigenvalue weighted by atomic mass is 16.4. The van der Waals surface area contributed by atoms with Crippen molar-refractivity contribution in [1.82, 2.24) is 10.2 Å². The first-order chi connectivity index (χ1) is 9.03. The summed E-state index contributed by atoms with van der Waals surface area (Å²) < 4.78 is 0. The summed E-state index contributed by atoms with van der Waals surface area (Å²) in [5, 5.41) is 12.3. The molecule has 0 unspecified atom stereocenters. The van der Waals surface area contributed by atoms with Crippen molar-refractivity contribution >= 4 is 11.9 Å². The predicted octanol–water partition coefficient (Wildman–Crippen LogP) is 1.23. The lowest BCUT2D eigenvalue weighted by Crippen LogP contribution is -2.52. The molecule has 1 amide bonds. The van der Waals surface area contributed by atoms with E-state index in [0.717, 1.165) is 51.6 Å². The van der Waals surface area contributed by atoms with E-state index in [1.54, 1.807) is 4.90 Å². The maximum absolute atomic E-state index is 12.8.